The molecule has 4 aromatic rings. The van der Waals surface area contributed by atoms with Gasteiger partial charge in [-0.25, -0.2) is 4.39 Å². The normalized spacial score (nSPS) is 12.1. The van der Waals surface area contributed by atoms with E-state index in [1.165, 1.54) is 12.1 Å². The van der Waals surface area contributed by atoms with Crippen molar-refractivity contribution in [2.45, 2.75) is 19.5 Å². The third kappa shape index (κ3) is 3.70. The molecule has 3 N–H and O–H groups in total. The monoisotopic (exact) mass is 411 g/mol. The van der Waals surface area contributed by atoms with E-state index in [0.29, 0.717) is 29.1 Å². The van der Waals surface area contributed by atoms with E-state index in [1.54, 1.807) is 35.3 Å². The lowest BCUT2D eigenvalue weighted by Crippen LogP contribution is -2.36. The number of hydrogen-bond donors (Lipinski definition) is 3. The van der Waals surface area contributed by atoms with Gasteiger partial charge in [-0.15, -0.1) is 0 Å². The van der Waals surface area contributed by atoms with E-state index in [9.17, 15) is 9.18 Å². The number of aromatic nitrogens is 5. The zero-order chi connectivity index (χ0) is 20.5. The predicted molar refractivity (Wildman–Crippen MR) is 105 cm³/mol. The van der Waals surface area contributed by atoms with Crippen molar-refractivity contribution in [1.29, 1.82) is 5.26 Å². The fourth-order valence-corrected chi connectivity index (χ4v) is 3.28. The molecule has 4 rings (SSSR count). The van der Waals surface area contributed by atoms with Crippen molar-refractivity contribution in [3.8, 4) is 17.3 Å². The van der Waals surface area contributed by atoms with Gasteiger partial charge in [0.25, 0.3) is 5.91 Å². The Morgan fingerprint density at radius 2 is 2.28 bits per heavy atom. The summed E-state index contributed by atoms with van der Waals surface area (Å²) in [6, 6.07) is 7.68. The number of halogens is 2. The zero-order valence-corrected chi connectivity index (χ0v) is 16.0. The number of carbonyl (C=O) groups is 1. The van der Waals surface area contributed by atoms with Gasteiger partial charge >= 0.3 is 0 Å². The Bertz CT molecular complexity index is 1200. The quantitative estimate of drug-likeness (QED) is 0.467. The van der Waals surface area contributed by atoms with Crippen LogP contribution in [0.3, 0.4) is 0 Å². The molecule has 0 spiro atoms. The summed E-state index contributed by atoms with van der Waals surface area (Å²) in [5, 5.41) is 23.7. The Hall–Kier alpha value is -3.64. The number of benzene rings is 1. The number of nitrogens with one attached hydrogen (secondary N) is 3. The van der Waals surface area contributed by atoms with Crippen LogP contribution >= 0.6 is 11.6 Å². The summed E-state index contributed by atoms with van der Waals surface area (Å²) < 4.78 is 15.6. The van der Waals surface area contributed by atoms with Crippen molar-refractivity contribution in [2.75, 3.05) is 0 Å². The number of aromatic amines is 2. The summed E-state index contributed by atoms with van der Waals surface area (Å²) >= 11 is 5.96. The van der Waals surface area contributed by atoms with Crippen LogP contribution in [-0.2, 0) is 6.54 Å². The van der Waals surface area contributed by atoms with Gasteiger partial charge in [-0.3, -0.25) is 14.6 Å². The average molecular weight is 412 g/mol. The fourth-order valence-electron chi connectivity index (χ4n) is 3.03. The molecule has 0 radical (unpaired) electrons. The molecular formula is C19H15ClFN7O. The van der Waals surface area contributed by atoms with Crippen molar-refractivity contribution < 1.29 is 9.18 Å². The number of nitriles is 1. The first-order chi connectivity index (χ1) is 13.9. The van der Waals surface area contributed by atoms with Crippen molar-refractivity contribution >= 4 is 28.5 Å². The molecule has 0 aliphatic rings. The zero-order valence-electron chi connectivity index (χ0n) is 15.2. The van der Waals surface area contributed by atoms with Crippen LogP contribution in [0.4, 0.5) is 4.39 Å². The number of H-pyrrole nitrogens is 2. The van der Waals surface area contributed by atoms with Gasteiger partial charge in [0.2, 0.25) is 0 Å². The van der Waals surface area contributed by atoms with Gasteiger partial charge in [-0.05, 0) is 31.2 Å². The molecule has 29 heavy (non-hydrogen) atoms. The first-order valence-corrected chi connectivity index (χ1v) is 9.08. The van der Waals surface area contributed by atoms with E-state index in [1.807, 2.05) is 6.92 Å². The van der Waals surface area contributed by atoms with Crippen molar-refractivity contribution in [2.24, 2.45) is 0 Å². The molecule has 1 unspecified atom stereocenters. The molecular weight excluding hydrogens is 397 g/mol. The molecule has 8 nitrogen and oxygen atoms in total. The third-order valence-corrected chi connectivity index (χ3v) is 4.70. The van der Waals surface area contributed by atoms with Crippen LogP contribution in [-0.4, -0.2) is 36.9 Å². The minimum absolute atomic E-state index is 0.0371. The van der Waals surface area contributed by atoms with Crippen molar-refractivity contribution in [3.05, 3.63) is 58.8 Å². The van der Waals surface area contributed by atoms with Gasteiger partial charge in [0.05, 0.1) is 23.5 Å². The SMILES string of the molecule is CC(Cn1ccc(-c2cc(F)c(C#N)c(Cl)c2)n1)NC(=O)c1cc2cn[nH]c2[nH]1. The number of carbonyl (C=O) groups excluding carboxylic acids is 1. The van der Waals surface area contributed by atoms with E-state index in [-0.39, 0.29) is 22.5 Å². The lowest BCUT2D eigenvalue weighted by atomic mass is 10.1. The van der Waals surface area contributed by atoms with Crippen LogP contribution in [0.2, 0.25) is 5.02 Å². The average Bonchev–Trinajstić information content (AvgIpc) is 3.37. The van der Waals surface area contributed by atoms with Crippen LogP contribution in [0.15, 0.2) is 36.7 Å². The van der Waals surface area contributed by atoms with E-state index in [4.69, 9.17) is 16.9 Å². The maximum Gasteiger partial charge on any atom is 0.268 e. The molecule has 0 fully saturated rings. The smallest absolute Gasteiger partial charge is 0.268 e. The summed E-state index contributed by atoms with van der Waals surface area (Å²) in [5.41, 5.74) is 1.91. The molecule has 1 atom stereocenters. The second-order valence-corrected chi connectivity index (χ2v) is 7.01. The summed E-state index contributed by atoms with van der Waals surface area (Å²) in [6.07, 6.45) is 3.36. The standard InChI is InChI=1S/C19H15ClFN7O/c1-10(24-19(29)17-6-12-8-23-26-18(12)25-17)9-28-3-2-16(27-28)11-4-14(20)13(7-22)15(21)5-11/h2-6,8,10H,9H2,1H3,(H,24,29)(H2,23,25,26). The van der Waals surface area contributed by atoms with Crippen LogP contribution in [0.25, 0.3) is 22.3 Å². The molecule has 3 heterocycles. The summed E-state index contributed by atoms with van der Waals surface area (Å²) in [5.74, 6) is -0.932. The highest BCUT2D eigenvalue weighted by molar-refractivity contribution is 6.32. The van der Waals surface area contributed by atoms with Gasteiger partial charge in [0.1, 0.15) is 28.8 Å². The first kappa shape index (κ1) is 18.7. The predicted octanol–water partition coefficient (Wildman–Crippen LogP) is 3.24. The first-order valence-electron chi connectivity index (χ1n) is 8.70. The second kappa shape index (κ2) is 7.41. The molecule has 0 aliphatic heterocycles. The Labute approximate surface area is 169 Å². The highest BCUT2D eigenvalue weighted by Crippen LogP contribution is 2.26. The van der Waals surface area contributed by atoms with Crippen LogP contribution < -0.4 is 5.32 Å². The number of rotatable bonds is 5. The number of nitrogens with zero attached hydrogens (tertiary/aromatic N) is 4. The van der Waals surface area contributed by atoms with E-state index in [2.05, 4.69) is 25.6 Å². The van der Waals surface area contributed by atoms with Gasteiger partial charge in [-0.2, -0.15) is 15.5 Å². The molecule has 146 valence electrons. The van der Waals surface area contributed by atoms with E-state index in [0.717, 1.165) is 5.39 Å². The lowest BCUT2D eigenvalue weighted by Gasteiger charge is -2.13. The maximum absolute atomic E-state index is 14.0. The third-order valence-electron chi connectivity index (χ3n) is 4.40. The van der Waals surface area contributed by atoms with Gasteiger partial charge in [0, 0.05) is 23.2 Å². The molecule has 0 saturated carbocycles. The molecule has 1 amide bonds. The van der Waals surface area contributed by atoms with Crippen LogP contribution in [0.5, 0.6) is 0 Å². The summed E-state index contributed by atoms with van der Waals surface area (Å²) in [4.78, 5) is 15.4. The summed E-state index contributed by atoms with van der Waals surface area (Å²) in [6.45, 7) is 2.27. The minimum Gasteiger partial charge on any atom is -0.346 e. The van der Waals surface area contributed by atoms with Crippen LogP contribution in [0, 0.1) is 17.1 Å². The van der Waals surface area contributed by atoms with Gasteiger partial charge in [0.15, 0.2) is 0 Å². The number of amides is 1. The largest absolute Gasteiger partial charge is 0.346 e. The fraction of sp³-hybridized carbons (Fsp3) is 0.158. The molecule has 3 aromatic heterocycles. The van der Waals surface area contributed by atoms with Crippen molar-refractivity contribution in [1.82, 2.24) is 30.3 Å². The molecule has 0 bridgehead atoms. The number of fused-ring (bicyclic) bond motifs is 1. The van der Waals surface area contributed by atoms with E-state index >= 15 is 0 Å². The van der Waals surface area contributed by atoms with Gasteiger partial charge in [-0.1, -0.05) is 11.6 Å². The Morgan fingerprint density at radius 3 is 3.00 bits per heavy atom. The maximum atomic E-state index is 14.0. The Balaban J connectivity index is 1.44. The lowest BCUT2D eigenvalue weighted by molar-refractivity contribution is 0.0932. The topological polar surface area (TPSA) is 115 Å². The molecule has 0 aliphatic carbocycles. The number of hydrogen-bond acceptors (Lipinski definition) is 4. The van der Waals surface area contributed by atoms with E-state index < -0.39 is 5.82 Å². The Morgan fingerprint density at radius 1 is 1.45 bits per heavy atom. The highest BCUT2D eigenvalue weighted by atomic mass is 35.5. The van der Waals surface area contributed by atoms with Crippen molar-refractivity contribution in [3.63, 3.8) is 0 Å². The minimum atomic E-state index is -0.692. The molecule has 1 aromatic carbocycles. The highest BCUT2D eigenvalue weighted by Gasteiger charge is 2.15. The van der Waals surface area contributed by atoms with Gasteiger partial charge < -0.3 is 10.3 Å². The molecule has 0 saturated heterocycles. The Kier molecular flexibility index (Phi) is 4.78. The van der Waals surface area contributed by atoms with Crippen LogP contribution in [0.1, 0.15) is 23.0 Å². The summed E-state index contributed by atoms with van der Waals surface area (Å²) in [7, 11) is 0. The second-order valence-electron chi connectivity index (χ2n) is 6.61. The molecule has 10 heteroatoms.